The van der Waals surface area contributed by atoms with Crippen molar-refractivity contribution < 1.29 is 13.9 Å². The zero-order chi connectivity index (χ0) is 17.0. The molecule has 2 aromatic rings. The molecule has 1 N–H and O–H groups in total. The molecule has 2 aromatic carbocycles. The average Bonchev–Trinajstić information content (AvgIpc) is 2.54. The van der Waals surface area contributed by atoms with Gasteiger partial charge in [0.1, 0.15) is 11.6 Å². The van der Waals surface area contributed by atoms with Gasteiger partial charge in [-0.1, -0.05) is 18.2 Å². The maximum absolute atomic E-state index is 13.9. The van der Waals surface area contributed by atoms with Gasteiger partial charge in [0.25, 0.3) is 5.91 Å². The highest BCUT2D eigenvalue weighted by molar-refractivity contribution is 5.95. The molecule has 0 aromatic heterocycles. The van der Waals surface area contributed by atoms with Crippen molar-refractivity contribution in [2.45, 2.75) is 13.0 Å². The highest BCUT2D eigenvalue weighted by atomic mass is 19.1. The van der Waals surface area contributed by atoms with Gasteiger partial charge in [0.15, 0.2) is 0 Å². The molecule has 1 amide bonds. The largest absolute Gasteiger partial charge is 0.495 e. The lowest BCUT2D eigenvalue weighted by molar-refractivity contribution is 0.0827. The lowest BCUT2D eigenvalue weighted by Crippen LogP contribution is -2.21. The van der Waals surface area contributed by atoms with Gasteiger partial charge < -0.3 is 15.0 Å². The van der Waals surface area contributed by atoms with Gasteiger partial charge in [0.2, 0.25) is 0 Å². The summed E-state index contributed by atoms with van der Waals surface area (Å²) in [5.41, 5.74) is 1.74. The Hall–Kier alpha value is -2.56. The second-order valence-corrected chi connectivity index (χ2v) is 5.50. The van der Waals surface area contributed by atoms with Crippen LogP contribution in [0.1, 0.15) is 28.9 Å². The average molecular weight is 316 g/mol. The zero-order valence-electron chi connectivity index (χ0n) is 13.8. The van der Waals surface area contributed by atoms with Crippen LogP contribution in [-0.4, -0.2) is 32.0 Å². The van der Waals surface area contributed by atoms with Crippen LogP contribution >= 0.6 is 0 Å². The molecule has 4 nitrogen and oxygen atoms in total. The molecule has 0 aliphatic rings. The maximum Gasteiger partial charge on any atom is 0.253 e. The molecular formula is C18H21FN2O2. The van der Waals surface area contributed by atoms with Crippen molar-refractivity contribution in [3.05, 3.63) is 59.4 Å². The predicted molar refractivity (Wildman–Crippen MR) is 89.4 cm³/mol. The molecule has 0 aliphatic heterocycles. The first-order valence-electron chi connectivity index (χ1n) is 7.34. The van der Waals surface area contributed by atoms with Gasteiger partial charge in [-0.2, -0.15) is 0 Å². The van der Waals surface area contributed by atoms with E-state index in [0.717, 1.165) is 0 Å². The van der Waals surface area contributed by atoms with Crippen LogP contribution in [-0.2, 0) is 0 Å². The van der Waals surface area contributed by atoms with E-state index in [9.17, 15) is 9.18 Å². The van der Waals surface area contributed by atoms with Gasteiger partial charge in [-0.3, -0.25) is 4.79 Å². The van der Waals surface area contributed by atoms with E-state index in [-0.39, 0.29) is 17.8 Å². The molecule has 23 heavy (non-hydrogen) atoms. The summed E-state index contributed by atoms with van der Waals surface area (Å²) in [5.74, 6) is 0.227. The molecule has 0 radical (unpaired) electrons. The lowest BCUT2D eigenvalue weighted by Gasteiger charge is -2.20. The Balaban J connectivity index is 2.32. The Labute approximate surface area is 135 Å². The zero-order valence-corrected chi connectivity index (χ0v) is 13.8. The summed E-state index contributed by atoms with van der Waals surface area (Å²) < 4.78 is 19.2. The van der Waals surface area contributed by atoms with Crippen molar-refractivity contribution in [3.63, 3.8) is 0 Å². The minimum absolute atomic E-state index is 0.103. The highest BCUT2D eigenvalue weighted by Gasteiger charge is 2.15. The summed E-state index contributed by atoms with van der Waals surface area (Å²) in [5, 5.41) is 3.22. The van der Waals surface area contributed by atoms with Crippen LogP contribution in [0.5, 0.6) is 5.75 Å². The van der Waals surface area contributed by atoms with Gasteiger partial charge in [-0.25, -0.2) is 4.39 Å². The summed E-state index contributed by atoms with van der Waals surface area (Å²) in [6.07, 6.45) is 0. The Kier molecular flexibility index (Phi) is 5.21. The molecule has 0 saturated heterocycles. The van der Waals surface area contributed by atoms with Crippen LogP contribution in [0.25, 0.3) is 0 Å². The van der Waals surface area contributed by atoms with Crippen LogP contribution in [0, 0.1) is 5.82 Å². The van der Waals surface area contributed by atoms with Gasteiger partial charge in [-0.15, -0.1) is 0 Å². The Morgan fingerprint density at radius 2 is 1.91 bits per heavy atom. The molecule has 0 aliphatic carbocycles. The molecule has 122 valence electrons. The van der Waals surface area contributed by atoms with Crippen LogP contribution in [0.2, 0.25) is 0 Å². The number of benzene rings is 2. The lowest BCUT2D eigenvalue weighted by atomic mass is 10.1. The number of hydrogen-bond acceptors (Lipinski definition) is 3. The van der Waals surface area contributed by atoms with Gasteiger partial charge in [0, 0.05) is 25.2 Å². The smallest absolute Gasteiger partial charge is 0.253 e. The minimum atomic E-state index is -0.271. The van der Waals surface area contributed by atoms with Crippen LogP contribution in [0.3, 0.4) is 0 Å². The van der Waals surface area contributed by atoms with Gasteiger partial charge in [-0.05, 0) is 31.2 Å². The fourth-order valence-electron chi connectivity index (χ4n) is 2.35. The molecule has 0 saturated carbocycles. The highest BCUT2D eigenvalue weighted by Crippen LogP contribution is 2.30. The molecule has 0 unspecified atom stereocenters. The predicted octanol–water partition coefficient (Wildman–Crippen LogP) is 3.71. The van der Waals surface area contributed by atoms with E-state index in [4.69, 9.17) is 4.74 Å². The summed E-state index contributed by atoms with van der Waals surface area (Å²) in [7, 11) is 4.95. The fourth-order valence-corrected chi connectivity index (χ4v) is 2.35. The number of hydrogen-bond donors (Lipinski definition) is 1. The molecule has 0 fully saturated rings. The quantitative estimate of drug-likeness (QED) is 0.914. The first-order chi connectivity index (χ1) is 10.9. The number of halogens is 1. The van der Waals surface area contributed by atoms with Crippen LogP contribution in [0.4, 0.5) is 10.1 Å². The number of ether oxygens (including phenoxy) is 1. The van der Waals surface area contributed by atoms with Crippen molar-refractivity contribution in [1.82, 2.24) is 4.90 Å². The second kappa shape index (κ2) is 7.13. The van der Waals surface area contributed by atoms with E-state index in [1.54, 1.807) is 57.6 Å². The maximum atomic E-state index is 13.9. The van der Waals surface area contributed by atoms with Crippen LogP contribution < -0.4 is 10.1 Å². The van der Waals surface area contributed by atoms with Crippen molar-refractivity contribution >= 4 is 11.6 Å². The topological polar surface area (TPSA) is 41.6 Å². The third-order valence-corrected chi connectivity index (χ3v) is 3.60. The molecule has 1 atom stereocenters. The number of amides is 1. The van der Waals surface area contributed by atoms with Gasteiger partial charge >= 0.3 is 0 Å². The third-order valence-electron chi connectivity index (χ3n) is 3.60. The molecule has 5 heteroatoms. The molecular weight excluding hydrogens is 295 g/mol. The third kappa shape index (κ3) is 3.80. The molecule has 2 rings (SSSR count). The molecule has 0 heterocycles. The monoisotopic (exact) mass is 316 g/mol. The normalized spacial score (nSPS) is 11.7. The van der Waals surface area contributed by atoms with E-state index < -0.39 is 0 Å². The standard InChI is InChI=1S/C18H21FN2O2/c1-12(14-7-5-6-8-15(14)19)20-16-11-13(18(22)21(2)3)9-10-17(16)23-4/h5-12,20H,1-4H3/t12-/m1/s1. The second-order valence-electron chi connectivity index (χ2n) is 5.50. The van der Waals surface area contributed by atoms with E-state index >= 15 is 0 Å². The number of methoxy groups -OCH3 is 1. The first-order valence-corrected chi connectivity index (χ1v) is 7.34. The Bertz CT molecular complexity index is 701. The van der Waals surface area contributed by atoms with E-state index in [1.165, 1.54) is 11.0 Å². The van der Waals surface area contributed by atoms with Gasteiger partial charge in [0.05, 0.1) is 18.8 Å². The number of nitrogens with one attached hydrogen (secondary N) is 1. The number of rotatable bonds is 5. The van der Waals surface area contributed by atoms with Crippen LogP contribution in [0.15, 0.2) is 42.5 Å². The van der Waals surface area contributed by atoms with E-state index in [1.807, 2.05) is 6.92 Å². The summed E-state index contributed by atoms with van der Waals surface area (Å²) in [6, 6.07) is 11.5. The summed E-state index contributed by atoms with van der Waals surface area (Å²) >= 11 is 0. The van der Waals surface area contributed by atoms with E-state index in [0.29, 0.717) is 22.6 Å². The minimum Gasteiger partial charge on any atom is -0.495 e. The Morgan fingerprint density at radius 1 is 1.22 bits per heavy atom. The number of nitrogens with zero attached hydrogens (tertiary/aromatic N) is 1. The molecule has 0 bridgehead atoms. The van der Waals surface area contributed by atoms with Crippen molar-refractivity contribution in [2.24, 2.45) is 0 Å². The summed E-state index contributed by atoms with van der Waals surface area (Å²) in [4.78, 5) is 13.6. The Morgan fingerprint density at radius 3 is 2.52 bits per heavy atom. The molecule has 0 spiro atoms. The van der Waals surface area contributed by atoms with Crippen molar-refractivity contribution in [1.29, 1.82) is 0 Å². The number of carbonyl (C=O) groups excluding carboxylic acids is 1. The number of carbonyl (C=O) groups is 1. The number of anilines is 1. The summed E-state index contributed by atoms with van der Waals surface area (Å²) in [6.45, 7) is 1.86. The first kappa shape index (κ1) is 16.8. The fraction of sp³-hybridized carbons (Fsp3) is 0.278. The van der Waals surface area contributed by atoms with Crippen molar-refractivity contribution in [3.8, 4) is 5.75 Å². The van der Waals surface area contributed by atoms with E-state index in [2.05, 4.69) is 5.32 Å². The van der Waals surface area contributed by atoms with Crippen molar-refractivity contribution in [2.75, 3.05) is 26.5 Å². The SMILES string of the molecule is COc1ccc(C(=O)N(C)C)cc1N[C@H](C)c1ccccc1F.